The van der Waals surface area contributed by atoms with Crippen molar-refractivity contribution in [1.82, 2.24) is 9.62 Å². The maximum absolute atomic E-state index is 12.4. The Bertz CT molecular complexity index is 510. The van der Waals surface area contributed by atoms with Gasteiger partial charge in [-0.25, -0.2) is 8.42 Å². The Kier molecular flexibility index (Phi) is 7.27. The summed E-state index contributed by atoms with van der Waals surface area (Å²) in [6.07, 6.45) is 0. The Morgan fingerprint density at radius 2 is 1.67 bits per heavy atom. The minimum absolute atomic E-state index is 0.0293. The standard InChI is InChI=1S/C14H24N2O4S/c1-3-15-12(2)13-4-6-14(7-5-13)21(19,20)16(8-10-17)9-11-18/h4-7,12,15,17-18H,3,8-11H2,1-2H3. The van der Waals surface area contributed by atoms with Gasteiger partial charge in [-0.3, -0.25) is 0 Å². The topological polar surface area (TPSA) is 89.9 Å². The number of sulfonamides is 1. The summed E-state index contributed by atoms with van der Waals surface area (Å²) in [7, 11) is -3.69. The highest BCUT2D eigenvalue weighted by molar-refractivity contribution is 7.89. The molecule has 3 N–H and O–H groups in total. The van der Waals surface area contributed by atoms with Crippen molar-refractivity contribution >= 4 is 10.0 Å². The first kappa shape index (κ1) is 18.1. The molecule has 1 atom stereocenters. The first-order chi connectivity index (χ1) is 9.97. The zero-order valence-electron chi connectivity index (χ0n) is 12.5. The minimum Gasteiger partial charge on any atom is -0.395 e. The van der Waals surface area contributed by atoms with E-state index in [1.54, 1.807) is 24.3 Å². The predicted octanol–water partition coefficient (Wildman–Crippen LogP) is 0.332. The zero-order chi connectivity index (χ0) is 15.9. The van der Waals surface area contributed by atoms with Gasteiger partial charge in [0.1, 0.15) is 0 Å². The van der Waals surface area contributed by atoms with Crippen LogP contribution in [-0.2, 0) is 10.0 Å². The van der Waals surface area contributed by atoms with Crippen molar-refractivity contribution in [2.45, 2.75) is 24.8 Å². The van der Waals surface area contributed by atoms with Crippen LogP contribution in [0.5, 0.6) is 0 Å². The molecule has 0 aromatic heterocycles. The highest BCUT2D eigenvalue weighted by Gasteiger charge is 2.23. The predicted molar refractivity (Wildman–Crippen MR) is 81.5 cm³/mol. The third-order valence-corrected chi connectivity index (χ3v) is 5.14. The number of hydrogen-bond donors (Lipinski definition) is 3. The van der Waals surface area contributed by atoms with Gasteiger partial charge in [-0.05, 0) is 31.2 Å². The molecule has 0 saturated carbocycles. The van der Waals surface area contributed by atoms with Gasteiger partial charge in [-0.1, -0.05) is 19.1 Å². The van der Waals surface area contributed by atoms with Crippen LogP contribution in [0.15, 0.2) is 29.2 Å². The van der Waals surface area contributed by atoms with Crippen molar-refractivity contribution in [3.63, 3.8) is 0 Å². The summed E-state index contributed by atoms with van der Waals surface area (Å²) in [5.41, 5.74) is 1.01. The lowest BCUT2D eigenvalue weighted by molar-refractivity contribution is 0.217. The number of nitrogens with zero attached hydrogens (tertiary/aromatic N) is 1. The van der Waals surface area contributed by atoms with Crippen molar-refractivity contribution in [3.05, 3.63) is 29.8 Å². The smallest absolute Gasteiger partial charge is 0.243 e. The highest BCUT2D eigenvalue weighted by atomic mass is 32.2. The molecule has 7 heteroatoms. The van der Waals surface area contributed by atoms with Crippen LogP contribution in [0.4, 0.5) is 0 Å². The van der Waals surface area contributed by atoms with Crippen LogP contribution in [0, 0.1) is 0 Å². The van der Waals surface area contributed by atoms with E-state index in [4.69, 9.17) is 10.2 Å². The molecule has 0 spiro atoms. The molecule has 0 amide bonds. The Hall–Kier alpha value is -0.990. The number of aliphatic hydroxyl groups excluding tert-OH is 2. The SMILES string of the molecule is CCNC(C)c1ccc(S(=O)(=O)N(CCO)CCO)cc1. The van der Waals surface area contributed by atoms with Crippen molar-refractivity contribution in [2.75, 3.05) is 32.8 Å². The first-order valence-corrected chi connectivity index (χ1v) is 8.46. The molecule has 0 fully saturated rings. The van der Waals surface area contributed by atoms with E-state index >= 15 is 0 Å². The van der Waals surface area contributed by atoms with E-state index in [0.717, 1.165) is 16.4 Å². The van der Waals surface area contributed by atoms with E-state index in [1.807, 2.05) is 13.8 Å². The summed E-state index contributed by atoms with van der Waals surface area (Å²) in [4.78, 5) is 0.164. The molecule has 1 unspecified atom stereocenters. The molecule has 6 nitrogen and oxygen atoms in total. The average Bonchev–Trinajstić information content (AvgIpc) is 2.47. The van der Waals surface area contributed by atoms with Crippen LogP contribution >= 0.6 is 0 Å². The summed E-state index contributed by atoms with van der Waals surface area (Å²) in [6.45, 7) is 4.23. The van der Waals surface area contributed by atoms with E-state index < -0.39 is 10.0 Å². The second kappa shape index (κ2) is 8.45. The first-order valence-electron chi connectivity index (χ1n) is 7.02. The molecule has 0 bridgehead atoms. The molecule has 0 aliphatic carbocycles. The normalized spacial score (nSPS) is 13.6. The molecular formula is C14H24N2O4S. The van der Waals surface area contributed by atoms with Gasteiger partial charge < -0.3 is 15.5 Å². The van der Waals surface area contributed by atoms with Gasteiger partial charge >= 0.3 is 0 Å². The van der Waals surface area contributed by atoms with Crippen LogP contribution < -0.4 is 5.32 Å². The zero-order valence-corrected chi connectivity index (χ0v) is 13.3. The summed E-state index contributed by atoms with van der Waals surface area (Å²) >= 11 is 0. The Labute approximate surface area is 126 Å². The third-order valence-electron chi connectivity index (χ3n) is 3.23. The van der Waals surface area contributed by atoms with Gasteiger partial charge in [0.2, 0.25) is 10.0 Å². The fraction of sp³-hybridized carbons (Fsp3) is 0.571. The quantitative estimate of drug-likeness (QED) is 0.611. The molecule has 1 aromatic rings. The maximum Gasteiger partial charge on any atom is 0.243 e. The number of hydrogen-bond acceptors (Lipinski definition) is 5. The van der Waals surface area contributed by atoms with E-state index in [2.05, 4.69) is 5.32 Å². The highest BCUT2D eigenvalue weighted by Crippen LogP contribution is 2.19. The molecule has 0 aliphatic heterocycles. The second-order valence-electron chi connectivity index (χ2n) is 4.70. The Balaban J connectivity index is 2.97. The fourth-order valence-corrected chi connectivity index (χ4v) is 3.50. The van der Waals surface area contributed by atoms with E-state index in [1.165, 1.54) is 0 Å². The van der Waals surface area contributed by atoms with Gasteiger partial charge in [-0.2, -0.15) is 4.31 Å². The monoisotopic (exact) mass is 316 g/mol. The van der Waals surface area contributed by atoms with Crippen molar-refractivity contribution in [3.8, 4) is 0 Å². The third kappa shape index (κ3) is 4.76. The van der Waals surface area contributed by atoms with Crippen LogP contribution in [0.3, 0.4) is 0 Å². The minimum atomic E-state index is -3.69. The molecule has 0 heterocycles. The lowest BCUT2D eigenvalue weighted by atomic mass is 10.1. The van der Waals surface area contributed by atoms with E-state index in [9.17, 15) is 8.42 Å². The van der Waals surface area contributed by atoms with Crippen LogP contribution in [-0.4, -0.2) is 55.8 Å². The van der Waals surface area contributed by atoms with Gasteiger partial charge in [0.15, 0.2) is 0 Å². The molecule has 0 aliphatic rings. The molecule has 0 radical (unpaired) electrons. The second-order valence-corrected chi connectivity index (χ2v) is 6.64. The van der Waals surface area contributed by atoms with Crippen molar-refractivity contribution in [2.24, 2.45) is 0 Å². The molecule has 1 rings (SSSR count). The number of benzene rings is 1. The summed E-state index contributed by atoms with van der Waals surface area (Å²) in [6, 6.07) is 6.81. The van der Waals surface area contributed by atoms with E-state index in [-0.39, 0.29) is 37.2 Å². The number of aliphatic hydroxyl groups is 2. The average molecular weight is 316 g/mol. The van der Waals surface area contributed by atoms with Crippen LogP contribution in [0.25, 0.3) is 0 Å². The van der Waals surface area contributed by atoms with Crippen molar-refractivity contribution in [1.29, 1.82) is 0 Å². The summed E-state index contributed by atoms with van der Waals surface area (Å²) in [5.74, 6) is 0. The van der Waals surface area contributed by atoms with E-state index in [0.29, 0.717) is 0 Å². The molecule has 120 valence electrons. The molecular weight excluding hydrogens is 292 g/mol. The fourth-order valence-electron chi connectivity index (χ4n) is 2.08. The Morgan fingerprint density at radius 1 is 1.14 bits per heavy atom. The Morgan fingerprint density at radius 3 is 2.10 bits per heavy atom. The molecule has 0 saturated heterocycles. The summed E-state index contributed by atoms with van der Waals surface area (Å²) < 4.78 is 25.9. The van der Waals surface area contributed by atoms with Crippen molar-refractivity contribution < 1.29 is 18.6 Å². The van der Waals surface area contributed by atoms with Gasteiger partial charge in [-0.15, -0.1) is 0 Å². The molecule has 1 aromatic carbocycles. The van der Waals surface area contributed by atoms with Crippen LogP contribution in [0.2, 0.25) is 0 Å². The van der Waals surface area contributed by atoms with Gasteiger partial charge in [0, 0.05) is 19.1 Å². The lowest BCUT2D eigenvalue weighted by Crippen LogP contribution is -2.35. The maximum atomic E-state index is 12.4. The molecule has 21 heavy (non-hydrogen) atoms. The number of rotatable bonds is 9. The van der Waals surface area contributed by atoms with Gasteiger partial charge in [0.25, 0.3) is 0 Å². The summed E-state index contributed by atoms with van der Waals surface area (Å²) in [5, 5.41) is 21.2. The number of nitrogens with one attached hydrogen (secondary N) is 1. The van der Waals surface area contributed by atoms with Gasteiger partial charge in [0.05, 0.1) is 18.1 Å². The lowest BCUT2D eigenvalue weighted by Gasteiger charge is -2.20. The van der Waals surface area contributed by atoms with Crippen LogP contribution in [0.1, 0.15) is 25.5 Å². The largest absolute Gasteiger partial charge is 0.395 e.